The zero-order valence-electron chi connectivity index (χ0n) is 8.96. The summed E-state index contributed by atoms with van der Waals surface area (Å²) in [5, 5.41) is 3.20. The Labute approximate surface area is 85.8 Å². The monoisotopic (exact) mass is 188 g/mol. The van der Waals surface area contributed by atoms with E-state index in [0.717, 1.165) is 5.69 Å². The molecule has 0 fully saturated rings. The second kappa shape index (κ2) is 4.78. The topological polar surface area (TPSA) is 24.9 Å². The van der Waals surface area contributed by atoms with E-state index in [1.807, 2.05) is 20.2 Å². The van der Waals surface area contributed by atoms with Gasteiger partial charge in [-0.3, -0.25) is 4.98 Å². The molecule has 0 aromatic carbocycles. The molecule has 0 saturated carbocycles. The van der Waals surface area contributed by atoms with Crippen molar-refractivity contribution >= 4 is 0 Å². The summed E-state index contributed by atoms with van der Waals surface area (Å²) in [7, 11) is 1.92. The quantitative estimate of drug-likeness (QED) is 0.734. The van der Waals surface area contributed by atoms with Crippen LogP contribution >= 0.6 is 0 Å². The fourth-order valence-corrected chi connectivity index (χ4v) is 1.56. The highest BCUT2D eigenvalue weighted by Crippen LogP contribution is 2.19. The summed E-state index contributed by atoms with van der Waals surface area (Å²) in [5.41, 5.74) is 3.48. The molecule has 1 aromatic heterocycles. The van der Waals surface area contributed by atoms with Gasteiger partial charge in [0.05, 0.1) is 0 Å². The number of hydrogen-bond donors (Lipinski definition) is 1. The SMILES string of the molecule is C#CCC(NC)c1cnc(C)cc1C. The van der Waals surface area contributed by atoms with Crippen LogP contribution in [0.5, 0.6) is 0 Å². The van der Waals surface area contributed by atoms with E-state index in [1.165, 1.54) is 11.1 Å². The Morgan fingerprint density at radius 3 is 2.79 bits per heavy atom. The van der Waals surface area contributed by atoms with Gasteiger partial charge in [-0.15, -0.1) is 12.3 Å². The number of terminal acetylenes is 1. The number of pyridine rings is 1. The molecule has 1 rings (SSSR count). The minimum atomic E-state index is 0.216. The van der Waals surface area contributed by atoms with Gasteiger partial charge in [0.25, 0.3) is 0 Å². The zero-order valence-corrected chi connectivity index (χ0v) is 8.96. The van der Waals surface area contributed by atoms with Crippen molar-refractivity contribution in [1.29, 1.82) is 0 Å². The standard InChI is InChI=1S/C12H16N2/c1-5-6-12(13-4)11-8-14-10(3)7-9(11)2/h1,7-8,12-13H,6H2,2-4H3. The first kappa shape index (κ1) is 10.7. The van der Waals surface area contributed by atoms with Crippen LogP contribution < -0.4 is 5.32 Å². The molecule has 1 N–H and O–H groups in total. The van der Waals surface area contributed by atoms with Crippen LogP contribution in [0.3, 0.4) is 0 Å². The largest absolute Gasteiger partial charge is 0.312 e. The number of hydrogen-bond acceptors (Lipinski definition) is 2. The van der Waals surface area contributed by atoms with E-state index in [0.29, 0.717) is 6.42 Å². The molecule has 14 heavy (non-hydrogen) atoms. The molecule has 74 valence electrons. The highest BCUT2D eigenvalue weighted by molar-refractivity contribution is 5.28. The van der Waals surface area contributed by atoms with Gasteiger partial charge in [-0.25, -0.2) is 0 Å². The predicted octanol–water partition coefficient (Wildman–Crippen LogP) is 1.98. The van der Waals surface area contributed by atoms with Crippen molar-refractivity contribution in [2.75, 3.05) is 7.05 Å². The molecular weight excluding hydrogens is 172 g/mol. The van der Waals surface area contributed by atoms with Gasteiger partial charge in [0.2, 0.25) is 0 Å². The highest BCUT2D eigenvalue weighted by Gasteiger charge is 2.10. The van der Waals surface area contributed by atoms with E-state index >= 15 is 0 Å². The number of aryl methyl sites for hydroxylation is 2. The molecule has 0 aliphatic rings. The van der Waals surface area contributed by atoms with Crippen molar-refractivity contribution in [2.24, 2.45) is 0 Å². The van der Waals surface area contributed by atoms with Crippen LogP contribution in [-0.4, -0.2) is 12.0 Å². The van der Waals surface area contributed by atoms with Crippen molar-refractivity contribution in [3.8, 4) is 12.3 Å². The Morgan fingerprint density at radius 1 is 1.57 bits per heavy atom. The molecule has 0 radical (unpaired) electrons. The fraction of sp³-hybridized carbons (Fsp3) is 0.417. The average Bonchev–Trinajstić information content (AvgIpc) is 2.15. The van der Waals surface area contributed by atoms with Gasteiger partial charge in [-0.1, -0.05) is 0 Å². The summed E-state index contributed by atoms with van der Waals surface area (Å²) >= 11 is 0. The first-order valence-electron chi connectivity index (χ1n) is 4.73. The number of aromatic nitrogens is 1. The molecule has 1 unspecified atom stereocenters. The molecular formula is C12H16N2. The molecule has 2 heteroatoms. The number of rotatable bonds is 3. The molecule has 1 aromatic rings. The van der Waals surface area contributed by atoms with Crippen LogP contribution in [0.1, 0.15) is 29.3 Å². The van der Waals surface area contributed by atoms with E-state index < -0.39 is 0 Å². The summed E-state index contributed by atoms with van der Waals surface area (Å²) in [6.07, 6.45) is 7.91. The van der Waals surface area contributed by atoms with Gasteiger partial charge >= 0.3 is 0 Å². The molecule has 0 aliphatic carbocycles. The predicted molar refractivity (Wildman–Crippen MR) is 59.0 cm³/mol. The van der Waals surface area contributed by atoms with Crippen LogP contribution in [0.2, 0.25) is 0 Å². The van der Waals surface area contributed by atoms with Crippen LogP contribution in [0.15, 0.2) is 12.3 Å². The van der Waals surface area contributed by atoms with Gasteiger partial charge in [0.15, 0.2) is 0 Å². The molecule has 0 amide bonds. The van der Waals surface area contributed by atoms with Crippen LogP contribution in [0, 0.1) is 26.2 Å². The lowest BCUT2D eigenvalue weighted by Gasteiger charge is -2.16. The third-order valence-corrected chi connectivity index (χ3v) is 2.33. The van der Waals surface area contributed by atoms with Crippen molar-refractivity contribution in [2.45, 2.75) is 26.3 Å². The highest BCUT2D eigenvalue weighted by atomic mass is 14.9. The second-order valence-electron chi connectivity index (χ2n) is 3.43. The maximum absolute atomic E-state index is 5.31. The average molecular weight is 188 g/mol. The van der Waals surface area contributed by atoms with Gasteiger partial charge < -0.3 is 5.32 Å². The molecule has 1 heterocycles. The number of nitrogens with zero attached hydrogens (tertiary/aromatic N) is 1. The Kier molecular flexibility index (Phi) is 3.67. The van der Waals surface area contributed by atoms with Crippen molar-refractivity contribution in [3.05, 3.63) is 29.1 Å². The third kappa shape index (κ3) is 2.34. The maximum atomic E-state index is 5.31. The minimum Gasteiger partial charge on any atom is -0.312 e. The molecule has 0 spiro atoms. The van der Waals surface area contributed by atoms with E-state index in [4.69, 9.17) is 6.42 Å². The second-order valence-corrected chi connectivity index (χ2v) is 3.43. The van der Waals surface area contributed by atoms with Crippen LogP contribution in [-0.2, 0) is 0 Å². The number of nitrogens with one attached hydrogen (secondary N) is 1. The van der Waals surface area contributed by atoms with Gasteiger partial charge in [-0.05, 0) is 38.1 Å². The van der Waals surface area contributed by atoms with Gasteiger partial charge in [0.1, 0.15) is 0 Å². The van der Waals surface area contributed by atoms with E-state index in [9.17, 15) is 0 Å². The Morgan fingerprint density at radius 2 is 2.29 bits per heavy atom. The fourth-order valence-electron chi connectivity index (χ4n) is 1.56. The van der Waals surface area contributed by atoms with Crippen molar-refractivity contribution < 1.29 is 0 Å². The van der Waals surface area contributed by atoms with Crippen molar-refractivity contribution in [1.82, 2.24) is 10.3 Å². The zero-order chi connectivity index (χ0) is 10.6. The lowest BCUT2D eigenvalue weighted by atomic mass is 10.0. The summed E-state index contributed by atoms with van der Waals surface area (Å²) < 4.78 is 0. The summed E-state index contributed by atoms with van der Waals surface area (Å²) in [5.74, 6) is 2.67. The Bertz CT molecular complexity index is 350. The normalized spacial score (nSPS) is 12.1. The summed E-state index contributed by atoms with van der Waals surface area (Å²) in [6, 6.07) is 2.30. The molecule has 1 atom stereocenters. The van der Waals surface area contributed by atoms with Gasteiger partial charge in [0, 0.05) is 24.4 Å². The van der Waals surface area contributed by atoms with E-state index in [2.05, 4.69) is 29.2 Å². The molecule has 2 nitrogen and oxygen atoms in total. The third-order valence-electron chi connectivity index (χ3n) is 2.33. The summed E-state index contributed by atoms with van der Waals surface area (Å²) in [4.78, 5) is 4.28. The Balaban J connectivity index is 2.99. The lowest BCUT2D eigenvalue weighted by Crippen LogP contribution is -2.17. The van der Waals surface area contributed by atoms with Crippen LogP contribution in [0.4, 0.5) is 0 Å². The molecule has 0 bridgehead atoms. The maximum Gasteiger partial charge on any atom is 0.0446 e. The van der Waals surface area contributed by atoms with Crippen LogP contribution in [0.25, 0.3) is 0 Å². The first-order chi connectivity index (χ1) is 6.69. The van der Waals surface area contributed by atoms with E-state index in [1.54, 1.807) is 0 Å². The smallest absolute Gasteiger partial charge is 0.0446 e. The van der Waals surface area contributed by atoms with E-state index in [-0.39, 0.29) is 6.04 Å². The van der Waals surface area contributed by atoms with Crippen molar-refractivity contribution in [3.63, 3.8) is 0 Å². The summed E-state index contributed by atoms with van der Waals surface area (Å²) in [6.45, 7) is 4.08. The Hall–Kier alpha value is -1.33. The minimum absolute atomic E-state index is 0.216. The first-order valence-corrected chi connectivity index (χ1v) is 4.73. The molecule has 0 saturated heterocycles. The molecule has 0 aliphatic heterocycles. The lowest BCUT2D eigenvalue weighted by molar-refractivity contribution is 0.605. The van der Waals surface area contributed by atoms with Gasteiger partial charge in [-0.2, -0.15) is 0 Å².